The van der Waals surface area contributed by atoms with E-state index in [2.05, 4.69) is 34.6 Å². The number of rotatable bonds is 7. The summed E-state index contributed by atoms with van der Waals surface area (Å²) in [6.45, 7) is 13.1. The second-order valence-corrected chi connectivity index (χ2v) is 9.49. The van der Waals surface area contributed by atoms with Crippen LogP contribution in [0.4, 0.5) is 0 Å². The van der Waals surface area contributed by atoms with Crippen LogP contribution in [0.2, 0.25) is 0 Å². The van der Waals surface area contributed by atoms with Crippen LogP contribution < -0.4 is 0 Å². The molecule has 0 aromatic rings. The highest BCUT2D eigenvalue weighted by atomic mass is 16.5. The van der Waals surface area contributed by atoms with Gasteiger partial charge < -0.3 is 4.74 Å². The summed E-state index contributed by atoms with van der Waals surface area (Å²) in [4.78, 5) is 0. The van der Waals surface area contributed by atoms with Crippen LogP contribution in [0.25, 0.3) is 0 Å². The van der Waals surface area contributed by atoms with Crippen molar-refractivity contribution in [2.45, 2.75) is 104 Å². The molecule has 0 heterocycles. The van der Waals surface area contributed by atoms with Gasteiger partial charge >= 0.3 is 0 Å². The third kappa shape index (κ3) is 4.98. The van der Waals surface area contributed by atoms with E-state index in [0.717, 1.165) is 12.5 Å². The lowest BCUT2D eigenvalue weighted by Crippen LogP contribution is -2.47. The Labute approximate surface area is 133 Å². The van der Waals surface area contributed by atoms with Gasteiger partial charge in [-0.25, -0.2) is 0 Å². The molecule has 0 bridgehead atoms. The molecular weight excluding hydrogens is 256 g/mol. The predicted molar refractivity (Wildman–Crippen MR) is 91.6 cm³/mol. The van der Waals surface area contributed by atoms with E-state index in [1.807, 2.05) is 0 Å². The summed E-state index contributed by atoms with van der Waals surface area (Å²) < 4.78 is 6.49. The summed E-state index contributed by atoms with van der Waals surface area (Å²) in [6, 6.07) is 0. The van der Waals surface area contributed by atoms with Crippen LogP contribution in [0.3, 0.4) is 0 Å². The van der Waals surface area contributed by atoms with Gasteiger partial charge in [-0.15, -0.1) is 0 Å². The van der Waals surface area contributed by atoms with Gasteiger partial charge in [-0.1, -0.05) is 59.8 Å². The number of hydrogen-bond acceptors (Lipinski definition) is 1. The van der Waals surface area contributed by atoms with Gasteiger partial charge in [0, 0.05) is 6.61 Å². The van der Waals surface area contributed by atoms with E-state index in [-0.39, 0.29) is 5.60 Å². The Bertz CT molecular complexity index is 331. The molecule has 0 spiro atoms. The number of hydrogen-bond donors (Lipinski definition) is 0. The Morgan fingerprint density at radius 2 is 1.71 bits per heavy atom. The molecule has 0 radical (unpaired) electrons. The van der Waals surface area contributed by atoms with Crippen LogP contribution in [0.15, 0.2) is 0 Å². The highest BCUT2D eigenvalue weighted by Crippen LogP contribution is 2.53. The zero-order valence-electron chi connectivity index (χ0n) is 15.3. The quantitative estimate of drug-likeness (QED) is 0.531. The molecule has 2 rings (SSSR count). The lowest BCUT2D eigenvalue weighted by molar-refractivity contribution is -0.128. The molecule has 0 aromatic carbocycles. The van der Waals surface area contributed by atoms with Crippen LogP contribution in [0.5, 0.6) is 0 Å². The van der Waals surface area contributed by atoms with Crippen molar-refractivity contribution in [2.75, 3.05) is 6.61 Å². The van der Waals surface area contributed by atoms with Crippen LogP contribution in [-0.2, 0) is 4.74 Å². The minimum Gasteiger partial charge on any atom is -0.375 e. The molecule has 0 aliphatic heterocycles. The smallest absolute Gasteiger partial charge is 0.0664 e. The maximum atomic E-state index is 6.49. The molecule has 1 heteroatoms. The molecule has 2 saturated carbocycles. The van der Waals surface area contributed by atoms with Crippen molar-refractivity contribution >= 4 is 0 Å². The van der Waals surface area contributed by atoms with Crippen LogP contribution in [0.1, 0.15) is 98.8 Å². The Morgan fingerprint density at radius 3 is 2.29 bits per heavy atom. The molecule has 124 valence electrons. The fourth-order valence-electron chi connectivity index (χ4n) is 5.39. The van der Waals surface area contributed by atoms with Crippen molar-refractivity contribution in [3.8, 4) is 0 Å². The average Bonchev–Trinajstić information content (AvgIpc) is 2.27. The molecule has 2 atom stereocenters. The molecule has 2 aliphatic carbocycles. The highest BCUT2D eigenvalue weighted by molar-refractivity contribution is 4.98. The van der Waals surface area contributed by atoms with E-state index in [0.29, 0.717) is 10.8 Å². The van der Waals surface area contributed by atoms with E-state index < -0.39 is 0 Å². The first kappa shape index (κ1) is 17.3. The fourth-order valence-corrected chi connectivity index (χ4v) is 5.39. The second kappa shape index (κ2) is 6.60. The van der Waals surface area contributed by atoms with E-state index in [4.69, 9.17) is 4.74 Å². The van der Waals surface area contributed by atoms with Gasteiger partial charge in [-0.05, 0) is 55.8 Å². The molecule has 0 N–H and O–H groups in total. The summed E-state index contributed by atoms with van der Waals surface area (Å²) in [6.07, 6.45) is 13.5. The molecule has 2 fully saturated rings. The summed E-state index contributed by atoms with van der Waals surface area (Å²) in [5.41, 5.74) is 1.00. The van der Waals surface area contributed by atoms with Gasteiger partial charge in [-0.3, -0.25) is 0 Å². The van der Waals surface area contributed by atoms with Gasteiger partial charge in [-0.2, -0.15) is 0 Å². The van der Waals surface area contributed by atoms with E-state index in [1.54, 1.807) is 0 Å². The van der Waals surface area contributed by atoms with Gasteiger partial charge in [0.15, 0.2) is 0 Å². The topological polar surface area (TPSA) is 9.23 Å². The van der Waals surface area contributed by atoms with Crippen LogP contribution in [-0.4, -0.2) is 12.2 Å². The maximum absolute atomic E-state index is 6.49. The first-order valence-electron chi connectivity index (χ1n) is 9.40. The lowest BCUT2D eigenvalue weighted by Gasteiger charge is -2.52. The van der Waals surface area contributed by atoms with Gasteiger partial charge in [0.2, 0.25) is 0 Å². The minimum atomic E-state index is 0.105. The van der Waals surface area contributed by atoms with Crippen molar-refractivity contribution in [2.24, 2.45) is 16.7 Å². The number of ether oxygens (including phenoxy) is 1. The molecule has 2 unspecified atom stereocenters. The standard InChI is InChI=1S/C20H38O/c1-6-7-12-19(4)14-18(2,3)15-20(5,16-19)21-13-11-17-9-8-10-17/h17H,6-16H2,1-5H3. The zero-order chi connectivity index (χ0) is 15.6. The lowest BCUT2D eigenvalue weighted by atomic mass is 9.58. The Balaban J connectivity index is 1.92. The van der Waals surface area contributed by atoms with Crippen molar-refractivity contribution in [3.05, 3.63) is 0 Å². The van der Waals surface area contributed by atoms with Crippen molar-refractivity contribution < 1.29 is 4.74 Å². The minimum absolute atomic E-state index is 0.105. The average molecular weight is 295 g/mol. The molecule has 0 amide bonds. The zero-order valence-corrected chi connectivity index (χ0v) is 15.3. The molecule has 2 aliphatic rings. The molecule has 1 nitrogen and oxygen atoms in total. The van der Waals surface area contributed by atoms with Gasteiger partial charge in [0.05, 0.1) is 5.60 Å². The largest absolute Gasteiger partial charge is 0.375 e. The van der Waals surface area contributed by atoms with Crippen molar-refractivity contribution in [1.82, 2.24) is 0 Å². The normalized spacial score (nSPS) is 36.4. The molecular formula is C20H38O. The summed E-state index contributed by atoms with van der Waals surface area (Å²) in [7, 11) is 0. The molecule has 21 heavy (non-hydrogen) atoms. The fraction of sp³-hybridized carbons (Fsp3) is 1.00. The Kier molecular flexibility index (Phi) is 5.45. The van der Waals surface area contributed by atoms with Gasteiger partial charge in [0.25, 0.3) is 0 Å². The third-order valence-electron chi connectivity index (χ3n) is 5.89. The molecule has 0 aromatic heterocycles. The van der Waals surface area contributed by atoms with Crippen molar-refractivity contribution in [1.29, 1.82) is 0 Å². The van der Waals surface area contributed by atoms with E-state index in [1.165, 1.54) is 64.2 Å². The van der Waals surface area contributed by atoms with Crippen LogP contribution >= 0.6 is 0 Å². The van der Waals surface area contributed by atoms with Crippen LogP contribution in [0, 0.1) is 16.7 Å². The summed E-state index contributed by atoms with van der Waals surface area (Å²) in [5.74, 6) is 0.969. The van der Waals surface area contributed by atoms with E-state index >= 15 is 0 Å². The highest BCUT2D eigenvalue weighted by Gasteiger charge is 2.47. The summed E-state index contributed by atoms with van der Waals surface area (Å²) >= 11 is 0. The number of unbranched alkanes of at least 4 members (excludes halogenated alkanes) is 1. The second-order valence-electron chi connectivity index (χ2n) is 9.49. The first-order valence-corrected chi connectivity index (χ1v) is 9.40. The predicted octanol–water partition coefficient (Wildman–Crippen LogP) is 6.36. The van der Waals surface area contributed by atoms with Gasteiger partial charge in [0.1, 0.15) is 0 Å². The SMILES string of the molecule is CCCCC1(C)CC(C)(C)CC(C)(OCCC2CCC2)C1. The first-order chi connectivity index (χ1) is 9.76. The third-order valence-corrected chi connectivity index (χ3v) is 5.89. The Hall–Kier alpha value is -0.0400. The molecule has 0 saturated heterocycles. The monoisotopic (exact) mass is 294 g/mol. The maximum Gasteiger partial charge on any atom is 0.0664 e. The Morgan fingerprint density at radius 1 is 1.00 bits per heavy atom. The summed E-state index contributed by atoms with van der Waals surface area (Å²) in [5, 5.41) is 0. The van der Waals surface area contributed by atoms with E-state index in [9.17, 15) is 0 Å². The van der Waals surface area contributed by atoms with Crippen molar-refractivity contribution in [3.63, 3.8) is 0 Å².